The van der Waals surface area contributed by atoms with Gasteiger partial charge in [-0.15, -0.1) is 0 Å². The number of carbonyl (C=O) groups excluding carboxylic acids is 3. The summed E-state index contributed by atoms with van der Waals surface area (Å²) >= 11 is 0. The van der Waals surface area contributed by atoms with Crippen LogP contribution in [0.15, 0.2) is 48.5 Å². The predicted molar refractivity (Wildman–Crippen MR) is 101 cm³/mol. The highest BCUT2D eigenvalue weighted by molar-refractivity contribution is 5.98. The van der Waals surface area contributed by atoms with Gasteiger partial charge in [0, 0.05) is 5.56 Å². The van der Waals surface area contributed by atoms with Crippen LogP contribution in [0.25, 0.3) is 0 Å². The third kappa shape index (κ3) is 6.39. The highest BCUT2D eigenvalue weighted by Gasteiger charge is 2.12. The second kappa shape index (κ2) is 10.7. The molecule has 0 atom stereocenters. The van der Waals surface area contributed by atoms with Crippen molar-refractivity contribution in [3.63, 3.8) is 0 Å². The Morgan fingerprint density at radius 2 is 1.68 bits per heavy atom. The highest BCUT2D eigenvalue weighted by Crippen LogP contribution is 2.12. The zero-order valence-electron chi connectivity index (χ0n) is 15.5. The molecule has 0 aliphatic heterocycles. The molecule has 0 saturated carbocycles. The van der Waals surface area contributed by atoms with Gasteiger partial charge in [-0.3, -0.25) is 25.2 Å². The molecule has 0 heterocycles. The molecule has 148 valence electrons. The molecule has 2 rings (SSSR count). The number of nitrogens with one attached hydrogen (secondary N) is 3. The van der Waals surface area contributed by atoms with Crippen molar-refractivity contribution in [3.8, 4) is 5.75 Å². The monoisotopic (exact) mass is 387 g/mol. The fourth-order valence-corrected chi connectivity index (χ4v) is 2.18. The Morgan fingerprint density at radius 3 is 2.36 bits per heavy atom. The minimum Gasteiger partial charge on any atom is -0.494 e. The van der Waals surface area contributed by atoms with Crippen LogP contribution in [0.5, 0.6) is 5.75 Å². The van der Waals surface area contributed by atoms with Gasteiger partial charge in [0.15, 0.2) is 0 Å². The van der Waals surface area contributed by atoms with Crippen LogP contribution in [-0.2, 0) is 4.79 Å². The summed E-state index contributed by atoms with van der Waals surface area (Å²) in [7, 11) is 0. The summed E-state index contributed by atoms with van der Waals surface area (Å²) in [5.41, 5.74) is 4.37. The van der Waals surface area contributed by atoms with Crippen LogP contribution in [0, 0.1) is 5.82 Å². The van der Waals surface area contributed by atoms with Gasteiger partial charge in [-0.1, -0.05) is 25.5 Å². The molecule has 0 unspecified atom stereocenters. The number of rotatable bonds is 8. The molecule has 0 aromatic heterocycles. The van der Waals surface area contributed by atoms with Crippen molar-refractivity contribution < 1.29 is 23.5 Å². The zero-order valence-corrected chi connectivity index (χ0v) is 15.5. The lowest BCUT2D eigenvalue weighted by molar-refractivity contribution is -0.120. The summed E-state index contributed by atoms with van der Waals surface area (Å²) in [6.07, 6.45) is 1.98. The molecule has 2 aromatic carbocycles. The Morgan fingerprint density at radius 1 is 0.964 bits per heavy atom. The van der Waals surface area contributed by atoms with Crippen LogP contribution < -0.4 is 20.9 Å². The lowest BCUT2D eigenvalue weighted by atomic mass is 10.2. The molecule has 8 heteroatoms. The maximum absolute atomic E-state index is 13.5. The molecule has 0 fully saturated rings. The summed E-state index contributed by atoms with van der Waals surface area (Å²) in [5, 5.41) is 2.43. The van der Waals surface area contributed by atoms with Crippen molar-refractivity contribution in [2.75, 3.05) is 13.2 Å². The topological polar surface area (TPSA) is 96.5 Å². The number of hydrogen-bond acceptors (Lipinski definition) is 4. The molecule has 28 heavy (non-hydrogen) atoms. The van der Waals surface area contributed by atoms with E-state index < -0.39 is 23.5 Å². The maximum atomic E-state index is 13.5. The van der Waals surface area contributed by atoms with E-state index in [-0.39, 0.29) is 12.1 Å². The number of hydrazine groups is 1. The van der Waals surface area contributed by atoms with E-state index in [4.69, 9.17) is 4.74 Å². The molecule has 0 saturated heterocycles. The van der Waals surface area contributed by atoms with Crippen LogP contribution in [0.4, 0.5) is 4.39 Å². The first-order valence-electron chi connectivity index (χ1n) is 8.86. The summed E-state index contributed by atoms with van der Waals surface area (Å²) < 4.78 is 19.0. The van der Waals surface area contributed by atoms with Crippen molar-refractivity contribution in [2.24, 2.45) is 0 Å². The van der Waals surface area contributed by atoms with Crippen molar-refractivity contribution in [1.82, 2.24) is 16.2 Å². The first-order valence-corrected chi connectivity index (χ1v) is 8.86. The largest absolute Gasteiger partial charge is 0.494 e. The van der Waals surface area contributed by atoms with Gasteiger partial charge in [0.2, 0.25) is 0 Å². The highest BCUT2D eigenvalue weighted by atomic mass is 19.1. The van der Waals surface area contributed by atoms with Crippen molar-refractivity contribution in [3.05, 3.63) is 65.5 Å². The van der Waals surface area contributed by atoms with E-state index in [2.05, 4.69) is 23.1 Å². The molecule has 7 nitrogen and oxygen atoms in total. The molecule has 0 aliphatic rings. The number of amides is 3. The molecule has 0 radical (unpaired) electrons. The van der Waals surface area contributed by atoms with E-state index in [0.29, 0.717) is 17.9 Å². The number of carbonyl (C=O) groups is 3. The number of hydrogen-bond donors (Lipinski definition) is 3. The zero-order chi connectivity index (χ0) is 20.4. The van der Waals surface area contributed by atoms with Gasteiger partial charge in [0.1, 0.15) is 11.6 Å². The molecule has 0 spiro atoms. The third-order valence-electron chi connectivity index (χ3n) is 3.73. The van der Waals surface area contributed by atoms with Crippen LogP contribution in [0.1, 0.15) is 40.5 Å². The van der Waals surface area contributed by atoms with Gasteiger partial charge in [-0.2, -0.15) is 0 Å². The standard InChI is InChI=1S/C20H22FN3O4/c1-2-3-12-28-15-10-8-14(9-11-15)19(26)22-13-18(25)23-24-20(27)16-6-4-5-7-17(16)21/h4-11H,2-3,12-13H2,1H3,(H,22,26)(H,23,25)(H,24,27). The lowest BCUT2D eigenvalue weighted by Crippen LogP contribution is -2.46. The minimum absolute atomic E-state index is 0.201. The normalized spacial score (nSPS) is 10.1. The molecular weight excluding hydrogens is 365 g/mol. The predicted octanol–water partition coefficient (Wildman–Crippen LogP) is 2.20. The van der Waals surface area contributed by atoms with Gasteiger partial charge in [-0.25, -0.2) is 4.39 Å². The Kier molecular flexibility index (Phi) is 7.95. The number of ether oxygens (including phenoxy) is 1. The summed E-state index contributed by atoms with van der Waals surface area (Å²) in [6, 6.07) is 11.9. The van der Waals surface area contributed by atoms with Gasteiger partial charge in [0.05, 0.1) is 18.7 Å². The number of unbranched alkanes of at least 4 members (excludes halogenated alkanes) is 1. The van der Waals surface area contributed by atoms with Crippen molar-refractivity contribution in [2.45, 2.75) is 19.8 Å². The summed E-state index contributed by atoms with van der Waals surface area (Å²) in [4.78, 5) is 35.6. The molecule has 3 amide bonds. The van der Waals surface area contributed by atoms with Gasteiger partial charge in [-0.05, 0) is 42.8 Å². The molecule has 2 aromatic rings. The van der Waals surface area contributed by atoms with E-state index in [0.717, 1.165) is 18.9 Å². The molecular formula is C20H22FN3O4. The Labute approximate surface area is 162 Å². The number of halogens is 1. The van der Waals surface area contributed by atoms with E-state index in [1.54, 1.807) is 24.3 Å². The van der Waals surface area contributed by atoms with E-state index in [1.165, 1.54) is 18.2 Å². The average molecular weight is 387 g/mol. The van der Waals surface area contributed by atoms with Crippen LogP contribution in [0.3, 0.4) is 0 Å². The second-order valence-corrected chi connectivity index (χ2v) is 5.89. The SMILES string of the molecule is CCCCOc1ccc(C(=O)NCC(=O)NNC(=O)c2ccccc2F)cc1. The molecule has 0 bridgehead atoms. The lowest BCUT2D eigenvalue weighted by Gasteiger charge is -2.09. The van der Waals surface area contributed by atoms with Gasteiger partial charge in [0.25, 0.3) is 17.7 Å². The second-order valence-electron chi connectivity index (χ2n) is 5.89. The number of benzene rings is 2. The Hall–Kier alpha value is -3.42. The fourth-order valence-electron chi connectivity index (χ4n) is 2.18. The quantitative estimate of drug-likeness (QED) is 0.478. The minimum atomic E-state index is -0.795. The van der Waals surface area contributed by atoms with Crippen LogP contribution >= 0.6 is 0 Å². The van der Waals surface area contributed by atoms with Crippen LogP contribution in [-0.4, -0.2) is 30.9 Å². The Balaban J connectivity index is 1.75. The maximum Gasteiger partial charge on any atom is 0.272 e. The first kappa shape index (κ1) is 20.9. The van der Waals surface area contributed by atoms with Gasteiger partial charge < -0.3 is 10.1 Å². The molecule has 3 N–H and O–H groups in total. The average Bonchev–Trinajstić information content (AvgIpc) is 2.71. The summed E-state index contributed by atoms with van der Waals surface area (Å²) in [5.74, 6) is -1.94. The smallest absolute Gasteiger partial charge is 0.272 e. The van der Waals surface area contributed by atoms with E-state index in [9.17, 15) is 18.8 Å². The first-order chi connectivity index (χ1) is 13.5. The fraction of sp³-hybridized carbons (Fsp3) is 0.250. The van der Waals surface area contributed by atoms with E-state index in [1.807, 2.05) is 0 Å². The van der Waals surface area contributed by atoms with E-state index >= 15 is 0 Å². The van der Waals surface area contributed by atoms with Crippen molar-refractivity contribution >= 4 is 17.7 Å². The van der Waals surface area contributed by atoms with Crippen LogP contribution in [0.2, 0.25) is 0 Å². The summed E-state index contributed by atoms with van der Waals surface area (Å²) in [6.45, 7) is 2.32. The van der Waals surface area contributed by atoms with Gasteiger partial charge >= 0.3 is 0 Å². The third-order valence-corrected chi connectivity index (χ3v) is 3.73. The van der Waals surface area contributed by atoms with Crippen molar-refractivity contribution in [1.29, 1.82) is 0 Å². The molecule has 0 aliphatic carbocycles. The Bertz CT molecular complexity index is 824.